The van der Waals surface area contributed by atoms with Crippen molar-refractivity contribution in [3.05, 3.63) is 36.0 Å². The van der Waals surface area contributed by atoms with Crippen LogP contribution in [0.3, 0.4) is 0 Å². The molecular weight excluding hydrogens is 321 g/mol. The van der Waals surface area contributed by atoms with Crippen molar-refractivity contribution in [2.24, 2.45) is 7.05 Å². The molecule has 1 aliphatic rings. The molecule has 124 valence electrons. The number of sulfonamides is 1. The minimum atomic E-state index is -3.58. The van der Waals surface area contributed by atoms with Gasteiger partial charge in [0, 0.05) is 39.4 Å². The van der Waals surface area contributed by atoms with E-state index in [2.05, 4.69) is 10.1 Å². The topological polar surface area (TPSA) is 71.3 Å². The van der Waals surface area contributed by atoms with Gasteiger partial charge in [-0.2, -0.15) is 9.40 Å². The van der Waals surface area contributed by atoms with E-state index in [1.807, 2.05) is 0 Å². The summed E-state index contributed by atoms with van der Waals surface area (Å²) in [7, 11) is -1.87. The van der Waals surface area contributed by atoms with Crippen molar-refractivity contribution in [3.63, 3.8) is 0 Å². The number of halogens is 1. The molecule has 0 aliphatic carbocycles. The minimum Gasteiger partial charge on any atom is -0.352 e. The maximum absolute atomic E-state index is 13.8. The van der Waals surface area contributed by atoms with Crippen LogP contribution in [0.5, 0.6) is 0 Å². The Morgan fingerprint density at radius 1 is 1.22 bits per heavy atom. The normalized spacial score (nSPS) is 16.7. The summed E-state index contributed by atoms with van der Waals surface area (Å²) in [5, 5.41) is 3.99. The summed E-state index contributed by atoms with van der Waals surface area (Å²) in [6.45, 7) is 3.08. The quantitative estimate of drug-likeness (QED) is 0.826. The van der Waals surface area contributed by atoms with Gasteiger partial charge < -0.3 is 4.90 Å². The summed E-state index contributed by atoms with van der Waals surface area (Å²) in [6, 6.07) is 2.88. The average molecular weight is 339 g/mol. The number of hydrogen-bond donors (Lipinski definition) is 0. The number of pyridine rings is 1. The molecule has 0 radical (unpaired) electrons. The fourth-order valence-electron chi connectivity index (χ4n) is 2.62. The molecule has 0 unspecified atom stereocenters. The lowest BCUT2D eigenvalue weighted by atomic mass is 10.3. The summed E-state index contributed by atoms with van der Waals surface area (Å²) >= 11 is 0. The summed E-state index contributed by atoms with van der Waals surface area (Å²) < 4.78 is 42.1. The van der Waals surface area contributed by atoms with Gasteiger partial charge in [0.05, 0.1) is 11.9 Å². The van der Waals surface area contributed by atoms with Gasteiger partial charge in [-0.25, -0.2) is 17.8 Å². The molecule has 3 heterocycles. The number of aromatic nitrogens is 3. The second kappa shape index (κ2) is 5.89. The number of hydrogen-bond acceptors (Lipinski definition) is 5. The zero-order valence-electron chi connectivity index (χ0n) is 13.0. The van der Waals surface area contributed by atoms with Crippen molar-refractivity contribution >= 4 is 15.8 Å². The molecule has 1 fully saturated rings. The molecule has 2 aromatic rings. The van der Waals surface area contributed by atoms with E-state index in [-0.39, 0.29) is 23.8 Å². The van der Waals surface area contributed by atoms with Crippen LogP contribution in [-0.4, -0.2) is 53.7 Å². The predicted octanol–water partition coefficient (Wildman–Crippen LogP) is 0.774. The molecule has 1 aliphatic heterocycles. The third-order valence-corrected chi connectivity index (χ3v) is 6.09. The summed E-state index contributed by atoms with van der Waals surface area (Å²) in [6.07, 6.45) is 2.90. The first-order valence-electron chi connectivity index (χ1n) is 7.25. The number of anilines is 1. The van der Waals surface area contributed by atoms with Gasteiger partial charge in [-0.05, 0) is 19.1 Å². The Hall–Kier alpha value is -2.00. The number of aryl methyl sites for hydroxylation is 1. The highest BCUT2D eigenvalue weighted by Gasteiger charge is 2.31. The van der Waals surface area contributed by atoms with Gasteiger partial charge in [0.25, 0.3) is 0 Å². The number of nitrogens with zero attached hydrogens (tertiary/aromatic N) is 5. The molecule has 23 heavy (non-hydrogen) atoms. The van der Waals surface area contributed by atoms with E-state index in [9.17, 15) is 12.8 Å². The molecule has 0 aromatic carbocycles. The van der Waals surface area contributed by atoms with E-state index >= 15 is 0 Å². The lowest BCUT2D eigenvalue weighted by Gasteiger charge is -2.34. The van der Waals surface area contributed by atoms with E-state index in [0.29, 0.717) is 18.8 Å². The van der Waals surface area contributed by atoms with E-state index in [4.69, 9.17) is 0 Å². The van der Waals surface area contributed by atoms with Crippen LogP contribution in [0.25, 0.3) is 0 Å². The highest BCUT2D eigenvalue weighted by atomic mass is 32.2. The van der Waals surface area contributed by atoms with Crippen molar-refractivity contribution < 1.29 is 12.8 Å². The van der Waals surface area contributed by atoms with Crippen LogP contribution in [-0.2, 0) is 17.1 Å². The number of piperazine rings is 1. The number of rotatable bonds is 3. The van der Waals surface area contributed by atoms with Crippen molar-refractivity contribution in [2.45, 2.75) is 11.8 Å². The minimum absolute atomic E-state index is 0.220. The van der Waals surface area contributed by atoms with Gasteiger partial charge in [-0.15, -0.1) is 0 Å². The summed E-state index contributed by atoms with van der Waals surface area (Å²) in [5.74, 6) is -0.131. The molecule has 2 aromatic heterocycles. The third-order valence-electron chi connectivity index (χ3n) is 4.09. The first-order chi connectivity index (χ1) is 10.9. The van der Waals surface area contributed by atoms with Crippen LogP contribution in [0.1, 0.15) is 5.69 Å². The van der Waals surface area contributed by atoms with Crippen molar-refractivity contribution in [1.82, 2.24) is 19.1 Å². The molecule has 0 spiro atoms. The van der Waals surface area contributed by atoms with Gasteiger partial charge in [0.1, 0.15) is 4.90 Å². The Morgan fingerprint density at radius 3 is 2.48 bits per heavy atom. The van der Waals surface area contributed by atoms with E-state index in [1.54, 1.807) is 18.9 Å². The molecule has 7 nitrogen and oxygen atoms in total. The van der Waals surface area contributed by atoms with Gasteiger partial charge in [0.2, 0.25) is 10.0 Å². The van der Waals surface area contributed by atoms with Gasteiger partial charge in [0.15, 0.2) is 11.6 Å². The molecule has 1 saturated heterocycles. The second-order valence-corrected chi connectivity index (χ2v) is 7.32. The maximum atomic E-state index is 13.8. The highest BCUT2D eigenvalue weighted by Crippen LogP contribution is 2.23. The monoisotopic (exact) mass is 339 g/mol. The van der Waals surface area contributed by atoms with Crippen molar-refractivity contribution in [3.8, 4) is 0 Å². The van der Waals surface area contributed by atoms with Crippen LogP contribution in [0.4, 0.5) is 10.2 Å². The Balaban J connectivity index is 1.76. The predicted molar refractivity (Wildman–Crippen MR) is 83.1 cm³/mol. The van der Waals surface area contributed by atoms with Crippen LogP contribution in [0.2, 0.25) is 0 Å². The summed E-state index contributed by atoms with van der Waals surface area (Å²) in [4.78, 5) is 6.02. The van der Waals surface area contributed by atoms with E-state index < -0.39 is 15.8 Å². The van der Waals surface area contributed by atoms with Gasteiger partial charge >= 0.3 is 0 Å². The molecule has 0 amide bonds. The lowest BCUT2D eigenvalue weighted by molar-refractivity contribution is 0.381. The van der Waals surface area contributed by atoms with Crippen LogP contribution in [0.15, 0.2) is 29.4 Å². The molecule has 0 bridgehead atoms. The van der Waals surface area contributed by atoms with Gasteiger partial charge in [-0.3, -0.25) is 4.68 Å². The first kappa shape index (κ1) is 15.9. The molecule has 9 heteroatoms. The van der Waals surface area contributed by atoms with Crippen LogP contribution in [0, 0.1) is 12.7 Å². The lowest BCUT2D eigenvalue weighted by Crippen LogP contribution is -2.49. The molecular formula is C14H18FN5O2S. The zero-order chi connectivity index (χ0) is 16.6. The van der Waals surface area contributed by atoms with E-state index in [0.717, 1.165) is 0 Å². The molecule has 0 saturated carbocycles. The molecule has 0 atom stereocenters. The first-order valence-corrected chi connectivity index (χ1v) is 8.69. The summed E-state index contributed by atoms with van der Waals surface area (Å²) in [5.41, 5.74) is 0.600. The fourth-order valence-corrected chi connectivity index (χ4v) is 4.23. The standard InChI is InChI=1S/C14H18FN5O2S/c1-11-13(10-17-18(11)2)23(21,22)20-8-6-19(7-9-20)14-12(15)4-3-5-16-14/h3-5,10H,6-9H2,1-2H3. The van der Waals surface area contributed by atoms with Crippen molar-refractivity contribution in [1.29, 1.82) is 0 Å². The molecule has 0 N–H and O–H groups in total. The Kier molecular flexibility index (Phi) is 4.07. The fraction of sp³-hybridized carbons (Fsp3) is 0.429. The maximum Gasteiger partial charge on any atom is 0.246 e. The smallest absolute Gasteiger partial charge is 0.246 e. The zero-order valence-corrected chi connectivity index (χ0v) is 13.8. The third kappa shape index (κ3) is 2.81. The average Bonchev–Trinajstić information content (AvgIpc) is 2.88. The second-order valence-electron chi connectivity index (χ2n) is 5.42. The largest absolute Gasteiger partial charge is 0.352 e. The SMILES string of the molecule is Cc1c(S(=O)(=O)N2CCN(c3ncccc3F)CC2)cnn1C. The molecule has 3 rings (SSSR count). The Morgan fingerprint density at radius 2 is 1.91 bits per heavy atom. The van der Waals surface area contributed by atoms with Gasteiger partial charge in [-0.1, -0.05) is 0 Å². The van der Waals surface area contributed by atoms with Crippen LogP contribution >= 0.6 is 0 Å². The highest BCUT2D eigenvalue weighted by molar-refractivity contribution is 7.89. The van der Waals surface area contributed by atoms with E-state index in [1.165, 1.54) is 33.5 Å². The Bertz CT molecular complexity index is 812. The van der Waals surface area contributed by atoms with Crippen LogP contribution < -0.4 is 4.90 Å². The van der Waals surface area contributed by atoms with Crippen molar-refractivity contribution in [2.75, 3.05) is 31.1 Å². The Labute approximate surface area is 134 Å².